The smallest absolute Gasteiger partial charge is 0.224 e. The molecule has 0 saturated heterocycles. The van der Waals surface area contributed by atoms with Crippen LogP contribution in [0.5, 0.6) is 0 Å². The van der Waals surface area contributed by atoms with Crippen LogP contribution in [0.3, 0.4) is 0 Å². The number of anilines is 3. The fourth-order valence-electron chi connectivity index (χ4n) is 2.33. The molecule has 0 fully saturated rings. The van der Waals surface area contributed by atoms with E-state index in [9.17, 15) is 0 Å². The summed E-state index contributed by atoms with van der Waals surface area (Å²) in [6, 6.07) is 8.40. The zero-order valence-electron chi connectivity index (χ0n) is 13.3. The van der Waals surface area contributed by atoms with Crippen LogP contribution in [0.2, 0.25) is 0 Å². The molecule has 0 unspecified atom stereocenters. The molecule has 0 spiro atoms. The Bertz CT molecular complexity index is 595. The molecule has 112 valence electrons. The van der Waals surface area contributed by atoms with E-state index in [1.807, 2.05) is 6.20 Å². The van der Waals surface area contributed by atoms with Gasteiger partial charge in [0.1, 0.15) is 5.82 Å². The molecule has 1 heterocycles. The number of benzene rings is 1. The second-order valence-electron chi connectivity index (χ2n) is 5.16. The van der Waals surface area contributed by atoms with E-state index in [0.29, 0.717) is 5.95 Å². The molecule has 0 saturated carbocycles. The highest BCUT2D eigenvalue weighted by Crippen LogP contribution is 2.29. The third-order valence-corrected chi connectivity index (χ3v) is 3.46. The second-order valence-corrected chi connectivity index (χ2v) is 5.16. The molecule has 0 atom stereocenters. The van der Waals surface area contributed by atoms with Gasteiger partial charge in [-0.1, -0.05) is 25.1 Å². The number of rotatable bonds is 6. The SMILES string of the molecule is CCCNc1ncc(C)c(N(CC)c2ccccc2C)n1. The Balaban J connectivity index is 2.40. The van der Waals surface area contributed by atoms with E-state index >= 15 is 0 Å². The van der Waals surface area contributed by atoms with Gasteiger partial charge in [0.15, 0.2) is 0 Å². The van der Waals surface area contributed by atoms with E-state index in [2.05, 4.69) is 67.2 Å². The summed E-state index contributed by atoms with van der Waals surface area (Å²) in [7, 11) is 0. The largest absolute Gasteiger partial charge is 0.354 e. The Morgan fingerprint density at radius 3 is 2.52 bits per heavy atom. The third kappa shape index (κ3) is 3.51. The van der Waals surface area contributed by atoms with Gasteiger partial charge in [0.05, 0.1) is 0 Å². The van der Waals surface area contributed by atoms with Crippen molar-refractivity contribution in [1.29, 1.82) is 0 Å². The van der Waals surface area contributed by atoms with Crippen LogP contribution in [-0.2, 0) is 0 Å². The van der Waals surface area contributed by atoms with Crippen molar-refractivity contribution in [2.45, 2.75) is 34.1 Å². The van der Waals surface area contributed by atoms with Gasteiger partial charge in [-0.05, 0) is 38.8 Å². The maximum absolute atomic E-state index is 4.70. The van der Waals surface area contributed by atoms with E-state index in [-0.39, 0.29) is 0 Å². The monoisotopic (exact) mass is 284 g/mol. The van der Waals surface area contributed by atoms with Crippen molar-refractivity contribution >= 4 is 17.5 Å². The van der Waals surface area contributed by atoms with Crippen LogP contribution in [0.25, 0.3) is 0 Å². The van der Waals surface area contributed by atoms with Crippen molar-refractivity contribution in [1.82, 2.24) is 9.97 Å². The van der Waals surface area contributed by atoms with E-state index in [1.165, 1.54) is 11.3 Å². The molecule has 4 nitrogen and oxygen atoms in total. The lowest BCUT2D eigenvalue weighted by Crippen LogP contribution is -2.20. The van der Waals surface area contributed by atoms with Gasteiger partial charge in [-0.2, -0.15) is 4.98 Å². The second kappa shape index (κ2) is 7.07. The average Bonchev–Trinajstić information content (AvgIpc) is 2.50. The summed E-state index contributed by atoms with van der Waals surface area (Å²) in [5.41, 5.74) is 3.53. The van der Waals surface area contributed by atoms with Crippen molar-refractivity contribution in [3.8, 4) is 0 Å². The van der Waals surface area contributed by atoms with E-state index in [0.717, 1.165) is 30.9 Å². The molecule has 4 heteroatoms. The topological polar surface area (TPSA) is 41.1 Å². The van der Waals surface area contributed by atoms with Gasteiger partial charge in [0.2, 0.25) is 5.95 Å². The number of aromatic nitrogens is 2. The number of para-hydroxylation sites is 1. The molecule has 0 aliphatic rings. The molecule has 2 rings (SSSR count). The Kier molecular flexibility index (Phi) is 5.14. The van der Waals surface area contributed by atoms with Gasteiger partial charge in [-0.25, -0.2) is 4.98 Å². The predicted octanol–water partition coefficient (Wildman–Crippen LogP) is 4.07. The number of hydrogen-bond acceptors (Lipinski definition) is 4. The fourth-order valence-corrected chi connectivity index (χ4v) is 2.33. The van der Waals surface area contributed by atoms with Crippen LogP contribution < -0.4 is 10.2 Å². The predicted molar refractivity (Wildman–Crippen MR) is 89.4 cm³/mol. The molecule has 1 aromatic heterocycles. The summed E-state index contributed by atoms with van der Waals surface area (Å²) in [4.78, 5) is 11.3. The zero-order chi connectivity index (χ0) is 15.2. The van der Waals surface area contributed by atoms with Crippen molar-refractivity contribution in [3.63, 3.8) is 0 Å². The number of aryl methyl sites for hydroxylation is 2. The molecule has 1 aromatic carbocycles. The Morgan fingerprint density at radius 2 is 1.86 bits per heavy atom. The van der Waals surface area contributed by atoms with E-state index < -0.39 is 0 Å². The Hall–Kier alpha value is -2.10. The van der Waals surface area contributed by atoms with Crippen LogP contribution in [0, 0.1) is 13.8 Å². The molecular formula is C17H24N4. The highest BCUT2D eigenvalue weighted by molar-refractivity contribution is 5.66. The summed E-state index contributed by atoms with van der Waals surface area (Å²) < 4.78 is 0. The molecule has 0 radical (unpaired) electrons. The van der Waals surface area contributed by atoms with E-state index in [4.69, 9.17) is 4.98 Å². The Labute approximate surface area is 127 Å². The first kappa shape index (κ1) is 15.3. The first-order chi connectivity index (χ1) is 10.2. The van der Waals surface area contributed by atoms with Crippen molar-refractivity contribution < 1.29 is 0 Å². The lowest BCUT2D eigenvalue weighted by Gasteiger charge is -2.25. The standard InChI is InChI=1S/C17H24N4/c1-5-11-18-17-19-12-14(4)16(20-17)21(6-2)15-10-8-7-9-13(15)3/h7-10,12H,5-6,11H2,1-4H3,(H,18,19,20). The first-order valence-electron chi connectivity index (χ1n) is 7.58. The van der Waals surface area contributed by atoms with Crippen molar-refractivity contribution in [2.75, 3.05) is 23.3 Å². The average molecular weight is 284 g/mol. The molecule has 0 aliphatic carbocycles. The number of hydrogen-bond donors (Lipinski definition) is 1. The summed E-state index contributed by atoms with van der Waals surface area (Å²) >= 11 is 0. The molecular weight excluding hydrogens is 260 g/mol. The molecule has 2 aromatic rings. The van der Waals surface area contributed by atoms with Gasteiger partial charge in [-0.3, -0.25) is 0 Å². The van der Waals surface area contributed by atoms with Gasteiger partial charge >= 0.3 is 0 Å². The van der Waals surface area contributed by atoms with Gasteiger partial charge in [0, 0.05) is 30.5 Å². The normalized spacial score (nSPS) is 10.5. The summed E-state index contributed by atoms with van der Waals surface area (Å²) in [6.45, 7) is 10.2. The molecule has 0 amide bonds. The fraction of sp³-hybridized carbons (Fsp3) is 0.412. The highest BCUT2D eigenvalue weighted by Gasteiger charge is 2.14. The molecule has 21 heavy (non-hydrogen) atoms. The highest BCUT2D eigenvalue weighted by atomic mass is 15.2. The maximum Gasteiger partial charge on any atom is 0.224 e. The summed E-state index contributed by atoms with van der Waals surface area (Å²) in [5, 5.41) is 3.26. The van der Waals surface area contributed by atoms with Crippen LogP contribution in [0.15, 0.2) is 30.5 Å². The molecule has 0 aliphatic heterocycles. The van der Waals surface area contributed by atoms with Crippen LogP contribution >= 0.6 is 0 Å². The van der Waals surface area contributed by atoms with Gasteiger partial charge in [0.25, 0.3) is 0 Å². The van der Waals surface area contributed by atoms with Crippen molar-refractivity contribution in [3.05, 3.63) is 41.6 Å². The quantitative estimate of drug-likeness (QED) is 0.868. The van der Waals surface area contributed by atoms with E-state index in [1.54, 1.807) is 0 Å². The number of nitrogens with one attached hydrogen (secondary N) is 1. The summed E-state index contributed by atoms with van der Waals surface area (Å²) in [6.07, 6.45) is 2.95. The minimum absolute atomic E-state index is 0.699. The lowest BCUT2D eigenvalue weighted by atomic mass is 10.1. The van der Waals surface area contributed by atoms with Gasteiger partial charge < -0.3 is 10.2 Å². The molecule has 1 N–H and O–H groups in total. The third-order valence-electron chi connectivity index (χ3n) is 3.46. The Morgan fingerprint density at radius 1 is 1.10 bits per heavy atom. The first-order valence-corrected chi connectivity index (χ1v) is 7.58. The molecule has 0 bridgehead atoms. The maximum atomic E-state index is 4.70. The zero-order valence-corrected chi connectivity index (χ0v) is 13.3. The number of nitrogens with zero attached hydrogens (tertiary/aromatic N) is 3. The van der Waals surface area contributed by atoms with Crippen molar-refractivity contribution in [2.24, 2.45) is 0 Å². The van der Waals surface area contributed by atoms with Gasteiger partial charge in [-0.15, -0.1) is 0 Å². The lowest BCUT2D eigenvalue weighted by molar-refractivity contribution is 0.926. The summed E-state index contributed by atoms with van der Waals surface area (Å²) in [5.74, 6) is 1.67. The van der Waals surface area contributed by atoms with Crippen LogP contribution in [-0.4, -0.2) is 23.1 Å². The minimum atomic E-state index is 0.699. The van der Waals surface area contributed by atoms with Crippen LogP contribution in [0.4, 0.5) is 17.5 Å². The minimum Gasteiger partial charge on any atom is -0.354 e. The van der Waals surface area contributed by atoms with Crippen LogP contribution in [0.1, 0.15) is 31.4 Å².